The molecular formula is C6H14FNO. The van der Waals surface area contributed by atoms with Crippen molar-refractivity contribution in [1.82, 2.24) is 5.32 Å². The van der Waals surface area contributed by atoms with Gasteiger partial charge in [-0.3, -0.25) is 5.32 Å². The number of hydrogen-bond donors (Lipinski definition) is 1. The average molecular weight is 135 g/mol. The van der Waals surface area contributed by atoms with Crippen molar-refractivity contribution in [3.8, 4) is 0 Å². The van der Waals surface area contributed by atoms with Gasteiger partial charge in [-0.25, -0.2) is 4.39 Å². The summed E-state index contributed by atoms with van der Waals surface area (Å²) >= 11 is 0. The molecule has 0 saturated carbocycles. The first-order valence-electron chi connectivity index (χ1n) is 3.26. The van der Waals surface area contributed by atoms with Crippen LogP contribution in [-0.2, 0) is 4.74 Å². The molecule has 0 radical (unpaired) electrons. The van der Waals surface area contributed by atoms with Gasteiger partial charge in [-0.1, -0.05) is 6.92 Å². The van der Waals surface area contributed by atoms with E-state index in [1.807, 2.05) is 6.92 Å². The zero-order valence-electron chi connectivity index (χ0n) is 5.82. The molecule has 0 bridgehead atoms. The fourth-order valence-corrected chi connectivity index (χ4v) is 0.458. The number of alkyl halides is 1. The molecule has 0 rings (SSSR count). The molecule has 0 amide bonds. The second-order valence-electron chi connectivity index (χ2n) is 1.75. The lowest BCUT2D eigenvalue weighted by Crippen LogP contribution is -2.18. The fourth-order valence-electron chi connectivity index (χ4n) is 0.458. The summed E-state index contributed by atoms with van der Waals surface area (Å²) in [5.41, 5.74) is 0. The van der Waals surface area contributed by atoms with Gasteiger partial charge in [0.25, 0.3) is 0 Å². The van der Waals surface area contributed by atoms with Crippen molar-refractivity contribution in [1.29, 1.82) is 0 Å². The molecule has 56 valence electrons. The van der Waals surface area contributed by atoms with Crippen molar-refractivity contribution in [2.45, 2.75) is 13.3 Å². The Kier molecular flexibility index (Phi) is 7.72. The van der Waals surface area contributed by atoms with Crippen LogP contribution < -0.4 is 5.32 Å². The van der Waals surface area contributed by atoms with Crippen LogP contribution in [0.5, 0.6) is 0 Å². The number of halogens is 1. The standard InChI is InChI=1S/C6H14FNO/c1-2-4-9-5-3-8-6-7/h8H,2-6H2,1H3. The van der Waals surface area contributed by atoms with Gasteiger partial charge in [0.05, 0.1) is 6.61 Å². The van der Waals surface area contributed by atoms with Crippen molar-refractivity contribution in [3.63, 3.8) is 0 Å². The highest BCUT2D eigenvalue weighted by atomic mass is 19.1. The molecule has 0 fully saturated rings. The summed E-state index contributed by atoms with van der Waals surface area (Å²) in [5.74, 6) is 0. The third-order valence-corrected chi connectivity index (χ3v) is 0.866. The minimum absolute atomic E-state index is 0.463. The summed E-state index contributed by atoms with van der Waals surface area (Å²) in [6.07, 6.45) is 1.02. The molecule has 0 aromatic carbocycles. The summed E-state index contributed by atoms with van der Waals surface area (Å²) in [7, 11) is 0. The molecule has 1 N–H and O–H groups in total. The molecule has 0 aliphatic heterocycles. The van der Waals surface area contributed by atoms with Crippen molar-refractivity contribution < 1.29 is 9.13 Å². The SMILES string of the molecule is CCCOCCNCF. The molecule has 0 saturated heterocycles. The highest BCUT2D eigenvalue weighted by Crippen LogP contribution is 1.77. The maximum Gasteiger partial charge on any atom is 0.140 e. The van der Waals surface area contributed by atoms with E-state index in [1.54, 1.807) is 0 Å². The number of rotatable bonds is 6. The number of ether oxygens (including phenoxy) is 1. The average Bonchev–Trinajstić information content (AvgIpc) is 1.89. The Bertz CT molecular complexity index is 46.3. The summed E-state index contributed by atoms with van der Waals surface area (Å²) in [4.78, 5) is 0. The highest BCUT2D eigenvalue weighted by molar-refractivity contribution is 4.36. The molecule has 0 unspecified atom stereocenters. The van der Waals surface area contributed by atoms with E-state index in [9.17, 15) is 4.39 Å². The van der Waals surface area contributed by atoms with Crippen LogP contribution >= 0.6 is 0 Å². The van der Waals surface area contributed by atoms with Crippen molar-refractivity contribution in [3.05, 3.63) is 0 Å². The molecule has 0 heterocycles. The predicted octanol–water partition coefficient (Wildman–Crippen LogP) is 0.930. The van der Waals surface area contributed by atoms with Crippen LogP contribution in [0, 0.1) is 0 Å². The lowest BCUT2D eigenvalue weighted by atomic mass is 10.5. The van der Waals surface area contributed by atoms with E-state index in [2.05, 4.69) is 5.32 Å². The van der Waals surface area contributed by atoms with Gasteiger partial charge < -0.3 is 4.74 Å². The summed E-state index contributed by atoms with van der Waals surface area (Å²) < 4.78 is 16.4. The Balaban J connectivity index is 2.60. The largest absolute Gasteiger partial charge is 0.380 e. The first-order chi connectivity index (χ1) is 4.41. The first kappa shape index (κ1) is 8.85. The Morgan fingerprint density at radius 1 is 1.44 bits per heavy atom. The summed E-state index contributed by atoms with van der Waals surface area (Å²) in [6.45, 7) is 3.57. The van der Waals surface area contributed by atoms with Crippen molar-refractivity contribution >= 4 is 0 Å². The van der Waals surface area contributed by atoms with Gasteiger partial charge in [-0.15, -0.1) is 0 Å². The predicted molar refractivity (Wildman–Crippen MR) is 35.1 cm³/mol. The molecular weight excluding hydrogens is 121 g/mol. The number of hydrogen-bond acceptors (Lipinski definition) is 2. The zero-order chi connectivity index (χ0) is 6.95. The van der Waals surface area contributed by atoms with E-state index < -0.39 is 6.80 Å². The van der Waals surface area contributed by atoms with E-state index >= 15 is 0 Å². The third kappa shape index (κ3) is 7.85. The Labute approximate surface area is 55.4 Å². The third-order valence-electron chi connectivity index (χ3n) is 0.866. The van der Waals surface area contributed by atoms with E-state index in [-0.39, 0.29) is 0 Å². The maximum absolute atomic E-state index is 11.3. The van der Waals surface area contributed by atoms with Gasteiger partial charge in [-0.2, -0.15) is 0 Å². The zero-order valence-corrected chi connectivity index (χ0v) is 5.82. The fraction of sp³-hybridized carbons (Fsp3) is 1.00. The van der Waals surface area contributed by atoms with Crippen LogP contribution in [0.25, 0.3) is 0 Å². The van der Waals surface area contributed by atoms with Gasteiger partial charge >= 0.3 is 0 Å². The lowest BCUT2D eigenvalue weighted by molar-refractivity contribution is 0.134. The van der Waals surface area contributed by atoms with E-state index in [0.717, 1.165) is 13.0 Å². The lowest BCUT2D eigenvalue weighted by Gasteiger charge is -2.00. The van der Waals surface area contributed by atoms with Crippen molar-refractivity contribution in [2.75, 3.05) is 26.6 Å². The number of nitrogens with one attached hydrogen (secondary N) is 1. The van der Waals surface area contributed by atoms with Gasteiger partial charge in [0.1, 0.15) is 6.80 Å². The van der Waals surface area contributed by atoms with Crippen molar-refractivity contribution in [2.24, 2.45) is 0 Å². The van der Waals surface area contributed by atoms with Crippen LogP contribution in [0.4, 0.5) is 4.39 Å². The Morgan fingerprint density at radius 3 is 2.78 bits per heavy atom. The highest BCUT2D eigenvalue weighted by Gasteiger charge is 1.84. The summed E-state index contributed by atoms with van der Waals surface area (Å²) in [6, 6.07) is 0. The van der Waals surface area contributed by atoms with E-state index in [4.69, 9.17) is 4.74 Å². The molecule has 0 spiro atoms. The van der Waals surface area contributed by atoms with E-state index in [1.165, 1.54) is 0 Å². The van der Waals surface area contributed by atoms with E-state index in [0.29, 0.717) is 13.2 Å². The molecule has 0 aliphatic carbocycles. The Morgan fingerprint density at radius 2 is 2.22 bits per heavy atom. The topological polar surface area (TPSA) is 21.3 Å². The summed E-state index contributed by atoms with van der Waals surface area (Å²) in [5, 5.41) is 2.52. The minimum atomic E-state index is -0.463. The van der Waals surface area contributed by atoms with Crippen LogP contribution in [-0.4, -0.2) is 26.6 Å². The second kappa shape index (κ2) is 7.85. The molecule has 0 atom stereocenters. The quantitative estimate of drug-likeness (QED) is 0.432. The monoisotopic (exact) mass is 135 g/mol. The van der Waals surface area contributed by atoms with Crippen LogP contribution in [0.1, 0.15) is 13.3 Å². The van der Waals surface area contributed by atoms with Gasteiger partial charge in [-0.05, 0) is 6.42 Å². The first-order valence-corrected chi connectivity index (χ1v) is 3.26. The normalized spacial score (nSPS) is 10.0. The molecule has 9 heavy (non-hydrogen) atoms. The molecule has 0 aliphatic rings. The van der Waals surface area contributed by atoms with Gasteiger partial charge in [0, 0.05) is 13.2 Å². The van der Waals surface area contributed by atoms with Crippen LogP contribution in [0.3, 0.4) is 0 Å². The molecule has 2 nitrogen and oxygen atoms in total. The van der Waals surface area contributed by atoms with Crippen LogP contribution in [0.15, 0.2) is 0 Å². The van der Waals surface area contributed by atoms with Crippen LogP contribution in [0.2, 0.25) is 0 Å². The second-order valence-corrected chi connectivity index (χ2v) is 1.75. The molecule has 0 aromatic heterocycles. The smallest absolute Gasteiger partial charge is 0.140 e. The molecule has 3 heteroatoms. The Hall–Kier alpha value is -0.150. The maximum atomic E-state index is 11.3. The molecule has 0 aromatic rings. The van der Waals surface area contributed by atoms with Gasteiger partial charge in [0.2, 0.25) is 0 Å². The van der Waals surface area contributed by atoms with Gasteiger partial charge in [0.15, 0.2) is 0 Å². The minimum Gasteiger partial charge on any atom is -0.380 e.